The molecule has 0 unspecified atom stereocenters. The topological polar surface area (TPSA) is 27.7 Å². The van der Waals surface area contributed by atoms with E-state index in [1.54, 1.807) is 14.2 Å². The first-order valence-corrected chi connectivity index (χ1v) is 5.79. The Balaban J connectivity index is 0.000000302. The lowest BCUT2D eigenvalue weighted by atomic mass is 10.2. The molecular formula is C14H24O3. The molecule has 0 bridgehead atoms. The van der Waals surface area contributed by atoms with Crippen molar-refractivity contribution >= 4 is 0 Å². The highest BCUT2D eigenvalue weighted by Crippen LogP contribution is 2.00. The zero-order valence-corrected chi connectivity index (χ0v) is 11.4. The molecule has 0 fully saturated rings. The molecule has 0 saturated heterocycles. The van der Waals surface area contributed by atoms with Gasteiger partial charge in [0, 0.05) is 14.2 Å². The van der Waals surface area contributed by atoms with Gasteiger partial charge in [-0.05, 0) is 13.8 Å². The maximum atomic E-state index is 5.06. The highest BCUT2D eigenvalue weighted by atomic mass is 16.5. The van der Waals surface area contributed by atoms with Crippen LogP contribution in [0.3, 0.4) is 0 Å². The Bertz CT molecular complexity index is 251. The van der Waals surface area contributed by atoms with Crippen molar-refractivity contribution in [3.05, 3.63) is 35.4 Å². The van der Waals surface area contributed by atoms with Crippen LogP contribution in [-0.2, 0) is 14.2 Å². The SMILES string of the molecule is COCCOCCOC.Cc1cccc(C)c1. The summed E-state index contributed by atoms with van der Waals surface area (Å²) in [7, 11) is 3.30. The van der Waals surface area contributed by atoms with Gasteiger partial charge in [0.1, 0.15) is 0 Å². The van der Waals surface area contributed by atoms with Crippen LogP contribution in [0, 0.1) is 13.8 Å². The zero-order chi connectivity index (χ0) is 12.9. The summed E-state index contributed by atoms with van der Waals surface area (Å²) in [6, 6.07) is 8.45. The number of ether oxygens (including phenoxy) is 3. The fourth-order valence-corrected chi connectivity index (χ4v) is 1.19. The van der Waals surface area contributed by atoms with Crippen molar-refractivity contribution in [1.82, 2.24) is 0 Å². The second-order valence-electron chi connectivity index (χ2n) is 3.76. The summed E-state index contributed by atoms with van der Waals surface area (Å²) < 4.78 is 14.6. The molecule has 0 heterocycles. The van der Waals surface area contributed by atoms with Crippen molar-refractivity contribution in [2.24, 2.45) is 0 Å². The molecule has 0 amide bonds. The van der Waals surface area contributed by atoms with Crippen molar-refractivity contribution in [1.29, 1.82) is 0 Å². The third-order valence-corrected chi connectivity index (χ3v) is 2.04. The summed E-state index contributed by atoms with van der Waals surface area (Å²) in [4.78, 5) is 0. The minimum atomic E-state index is 0.653. The molecule has 0 aromatic heterocycles. The van der Waals surface area contributed by atoms with Crippen LogP contribution in [0.4, 0.5) is 0 Å². The number of hydrogen-bond donors (Lipinski definition) is 0. The van der Waals surface area contributed by atoms with Crippen LogP contribution in [0.2, 0.25) is 0 Å². The van der Waals surface area contributed by atoms with Crippen LogP contribution >= 0.6 is 0 Å². The Kier molecular flexibility index (Phi) is 11.0. The van der Waals surface area contributed by atoms with Gasteiger partial charge in [0.2, 0.25) is 0 Å². The second kappa shape index (κ2) is 11.6. The van der Waals surface area contributed by atoms with E-state index in [0.29, 0.717) is 26.4 Å². The second-order valence-corrected chi connectivity index (χ2v) is 3.76. The third kappa shape index (κ3) is 11.4. The Morgan fingerprint density at radius 3 is 1.59 bits per heavy atom. The van der Waals surface area contributed by atoms with Crippen molar-refractivity contribution in [3.8, 4) is 0 Å². The number of benzene rings is 1. The molecule has 0 saturated carbocycles. The van der Waals surface area contributed by atoms with E-state index in [1.807, 2.05) is 0 Å². The largest absolute Gasteiger partial charge is 0.382 e. The quantitative estimate of drug-likeness (QED) is 0.715. The molecule has 0 N–H and O–H groups in total. The maximum Gasteiger partial charge on any atom is 0.0701 e. The van der Waals surface area contributed by atoms with E-state index in [0.717, 1.165) is 0 Å². The van der Waals surface area contributed by atoms with Gasteiger partial charge in [0.15, 0.2) is 0 Å². The van der Waals surface area contributed by atoms with Gasteiger partial charge in [0.25, 0.3) is 0 Å². The molecule has 0 radical (unpaired) electrons. The average Bonchev–Trinajstić information content (AvgIpc) is 2.29. The van der Waals surface area contributed by atoms with Crippen LogP contribution in [0.5, 0.6) is 0 Å². The molecule has 98 valence electrons. The summed E-state index contributed by atoms with van der Waals surface area (Å²) in [5, 5.41) is 0. The first-order valence-electron chi connectivity index (χ1n) is 5.79. The van der Waals surface area contributed by atoms with Gasteiger partial charge in [-0.2, -0.15) is 0 Å². The predicted octanol–water partition coefficient (Wildman–Crippen LogP) is 2.60. The standard InChI is InChI=1S/C8H10.C6H14O3/c1-7-4-3-5-8(2)6-7;1-7-3-5-9-6-4-8-2/h3-6H,1-2H3;3-6H2,1-2H3. The van der Waals surface area contributed by atoms with Gasteiger partial charge in [-0.3, -0.25) is 0 Å². The molecule has 0 atom stereocenters. The minimum absolute atomic E-state index is 0.653. The molecule has 3 heteroatoms. The summed E-state index contributed by atoms with van der Waals surface area (Å²) in [6.07, 6.45) is 0. The van der Waals surface area contributed by atoms with Gasteiger partial charge in [-0.1, -0.05) is 35.4 Å². The fraction of sp³-hybridized carbons (Fsp3) is 0.571. The first kappa shape index (κ1) is 16.1. The molecule has 1 aromatic rings. The van der Waals surface area contributed by atoms with E-state index in [9.17, 15) is 0 Å². The predicted molar refractivity (Wildman–Crippen MR) is 70.5 cm³/mol. The molecule has 1 aromatic carbocycles. The number of methoxy groups -OCH3 is 2. The van der Waals surface area contributed by atoms with Crippen molar-refractivity contribution in [3.63, 3.8) is 0 Å². The highest BCUT2D eigenvalue weighted by Gasteiger charge is 1.84. The van der Waals surface area contributed by atoms with E-state index in [1.165, 1.54) is 11.1 Å². The maximum absolute atomic E-state index is 5.06. The minimum Gasteiger partial charge on any atom is -0.382 e. The summed E-state index contributed by atoms with van der Waals surface area (Å²) >= 11 is 0. The normalized spacial score (nSPS) is 9.65. The van der Waals surface area contributed by atoms with Crippen LogP contribution in [0.25, 0.3) is 0 Å². The molecule has 3 nitrogen and oxygen atoms in total. The summed E-state index contributed by atoms with van der Waals surface area (Å²) in [5.41, 5.74) is 2.68. The van der Waals surface area contributed by atoms with E-state index >= 15 is 0 Å². The fourth-order valence-electron chi connectivity index (χ4n) is 1.19. The van der Waals surface area contributed by atoms with Crippen LogP contribution in [-0.4, -0.2) is 40.6 Å². The monoisotopic (exact) mass is 240 g/mol. The van der Waals surface area contributed by atoms with E-state index in [2.05, 4.69) is 38.1 Å². The number of hydrogen-bond acceptors (Lipinski definition) is 3. The Labute approximate surface area is 105 Å². The lowest BCUT2D eigenvalue weighted by Crippen LogP contribution is -2.06. The van der Waals surface area contributed by atoms with Gasteiger partial charge >= 0.3 is 0 Å². The van der Waals surface area contributed by atoms with E-state index in [4.69, 9.17) is 14.2 Å². The average molecular weight is 240 g/mol. The zero-order valence-electron chi connectivity index (χ0n) is 11.4. The van der Waals surface area contributed by atoms with Gasteiger partial charge in [-0.25, -0.2) is 0 Å². The smallest absolute Gasteiger partial charge is 0.0701 e. The van der Waals surface area contributed by atoms with Gasteiger partial charge in [0.05, 0.1) is 26.4 Å². The number of rotatable bonds is 6. The lowest BCUT2D eigenvalue weighted by Gasteiger charge is -2.00. The van der Waals surface area contributed by atoms with E-state index in [-0.39, 0.29) is 0 Å². The van der Waals surface area contributed by atoms with Crippen molar-refractivity contribution in [2.75, 3.05) is 40.6 Å². The molecule has 0 aliphatic rings. The van der Waals surface area contributed by atoms with Gasteiger partial charge < -0.3 is 14.2 Å². The first-order chi connectivity index (χ1) is 8.20. The Morgan fingerprint density at radius 2 is 1.29 bits per heavy atom. The lowest BCUT2D eigenvalue weighted by molar-refractivity contribution is 0.0385. The molecular weight excluding hydrogens is 216 g/mol. The highest BCUT2D eigenvalue weighted by molar-refractivity contribution is 5.20. The Hall–Kier alpha value is -0.900. The van der Waals surface area contributed by atoms with Crippen LogP contribution in [0.1, 0.15) is 11.1 Å². The summed E-state index contributed by atoms with van der Waals surface area (Å²) in [5.74, 6) is 0. The third-order valence-electron chi connectivity index (χ3n) is 2.04. The van der Waals surface area contributed by atoms with Crippen LogP contribution in [0.15, 0.2) is 24.3 Å². The van der Waals surface area contributed by atoms with Crippen molar-refractivity contribution < 1.29 is 14.2 Å². The molecule has 0 aliphatic heterocycles. The molecule has 0 spiro atoms. The molecule has 0 aliphatic carbocycles. The van der Waals surface area contributed by atoms with E-state index < -0.39 is 0 Å². The van der Waals surface area contributed by atoms with Crippen molar-refractivity contribution in [2.45, 2.75) is 13.8 Å². The Morgan fingerprint density at radius 1 is 0.824 bits per heavy atom. The molecule has 17 heavy (non-hydrogen) atoms. The molecule has 1 rings (SSSR count). The van der Waals surface area contributed by atoms with Gasteiger partial charge in [-0.15, -0.1) is 0 Å². The number of aryl methyl sites for hydroxylation is 2. The summed E-state index contributed by atoms with van der Waals surface area (Å²) in [6.45, 7) is 6.83. The van der Waals surface area contributed by atoms with Crippen LogP contribution < -0.4 is 0 Å².